The molecule has 2 heteroatoms. The van der Waals surface area contributed by atoms with Gasteiger partial charge in [0, 0.05) is 17.5 Å². The van der Waals surface area contributed by atoms with Gasteiger partial charge in [-0.15, -0.1) is 0 Å². The molecule has 2 aromatic carbocycles. The molecule has 0 aliphatic carbocycles. The summed E-state index contributed by atoms with van der Waals surface area (Å²) in [5.41, 5.74) is 2.81. The maximum atomic E-state index is 11.8. The molecule has 0 atom stereocenters. The van der Waals surface area contributed by atoms with Gasteiger partial charge in [-0.25, -0.2) is 0 Å². The van der Waals surface area contributed by atoms with E-state index in [1.807, 2.05) is 73.7 Å². The number of benzene rings is 2. The van der Waals surface area contributed by atoms with Crippen molar-refractivity contribution in [3.8, 4) is 0 Å². The number of rotatable bonds is 5. The monoisotopic (exact) mass is 263 g/mol. The van der Waals surface area contributed by atoms with Crippen molar-refractivity contribution >= 4 is 17.5 Å². The fourth-order valence-corrected chi connectivity index (χ4v) is 1.79. The zero-order valence-corrected chi connectivity index (χ0v) is 11.4. The van der Waals surface area contributed by atoms with E-state index in [0.717, 1.165) is 16.9 Å². The quantitative estimate of drug-likeness (QED) is 0.815. The minimum absolute atomic E-state index is 0.0326. The van der Waals surface area contributed by atoms with Gasteiger partial charge in [-0.1, -0.05) is 54.6 Å². The molecule has 0 saturated carbocycles. The summed E-state index contributed by atoms with van der Waals surface area (Å²) in [6.07, 6.45) is 4.98. The van der Waals surface area contributed by atoms with Gasteiger partial charge in [-0.2, -0.15) is 0 Å². The van der Waals surface area contributed by atoms with Gasteiger partial charge in [0.15, 0.2) is 5.78 Å². The Kier molecular flexibility index (Phi) is 4.90. The smallest absolute Gasteiger partial charge is 0.180 e. The molecule has 0 heterocycles. The van der Waals surface area contributed by atoms with Crippen LogP contribution in [0.4, 0.5) is 5.69 Å². The fraction of sp³-hybridized carbons (Fsp3) is 0.0556. The average molecular weight is 263 g/mol. The van der Waals surface area contributed by atoms with Crippen LogP contribution < -0.4 is 5.32 Å². The van der Waals surface area contributed by atoms with Gasteiger partial charge in [-0.3, -0.25) is 4.79 Å². The summed E-state index contributed by atoms with van der Waals surface area (Å²) in [7, 11) is 0. The molecular formula is C18H17NO. The number of anilines is 1. The molecule has 2 aromatic rings. The Morgan fingerprint density at radius 3 is 2.20 bits per heavy atom. The van der Waals surface area contributed by atoms with Crippen LogP contribution in [0.1, 0.15) is 12.5 Å². The lowest BCUT2D eigenvalue weighted by atomic mass is 10.2. The Bertz CT molecular complexity index is 612. The predicted octanol–water partition coefficient (Wildman–Crippen LogP) is 4.28. The zero-order chi connectivity index (χ0) is 14.2. The summed E-state index contributed by atoms with van der Waals surface area (Å²) < 4.78 is 0. The van der Waals surface area contributed by atoms with E-state index in [-0.39, 0.29) is 5.78 Å². The Hall–Kier alpha value is -2.61. The van der Waals surface area contributed by atoms with Crippen LogP contribution in [-0.2, 0) is 4.79 Å². The van der Waals surface area contributed by atoms with Crippen molar-refractivity contribution in [2.24, 2.45) is 0 Å². The van der Waals surface area contributed by atoms with Gasteiger partial charge in [0.05, 0.1) is 0 Å². The Morgan fingerprint density at radius 2 is 1.55 bits per heavy atom. The molecule has 2 nitrogen and oxygen atoms in total. The third kappa shape index (κ3) is 4.58. The highest BCUT2D eigenvalue weighted by molar-refractivity contribution is 6.02. The Morgan fingerprint density at radius 1 is 0.950 bits per heavy atom. The molecule has 20 heavy (non-hydrogen) atoms. The Balaban J connectivity index is 1.96. The van der Waals surface area contributed by atoms with Crippen LogP contribution in [0.15, 0.2) is 78.5 Å². The summed E-state index contributed by atoms with van der Waals surface area (Å²) >= 11 is 0. The average Bonchev–Trinajstić information content (AvgIpc) is 2.47. The molecule has 0 fully saturated rings. The molecule has 1 N–H and O–H groups in total. The highest BCUT2D eigenvalue weighted by Gasteiger charge is 1.95. The summed E-state index contributed by atoms with van der Waals surface area (Å²) in [5, 5.41) is 3.18. The summed E-state index contributed by atoms with van der Waals surface area (Å²) in [6, 6.07) is 19.5. The van der Waals surface area contributed by atoms with Gasteiger partial charge in [0.2, 0.25) is 0 Å². The van der Waals surface area contributed by atoms with Crippen molar-refractivity contribution in [1.82, 2.24) is 0 Å². The molecule has 0 saturated heterocycles. The summed E-state index contributed by atoms with van der Waals surface area (Å²) in [5.74, 6) is -0.0326. The van der Waals surface area contributed by atoms with Crippen molar-refractivity contribution in [2.75, 3.05) is 5.32 Å². The molecular weight excluding hydrogens is 246 g/mol. The highest BCUT2D eigenvalue weighted by Crippen LogP contribution is 2.08. The number of hydrogen-bond donors (Lipinski definition) is 1. The van der Waals surface area contributed by atoms with Crippen molar-refractivity contribution < 1.29 is 4.79 Å². The molecule has 2 rings (SSSR count). The molecule has 0 radical (unpaired) electrons. The second kappa shape index (κ2) is 7.10. The van der Waals surface area contributed by atoms with E-state index in [0.29, 0.717) is 0 Å². The van der Waals surface area contributed by atoms with E-state index in [9.17, 15) is 4.79 Å². The first kappa shape index (κ1) is 13.8. The molecule has 0 amide bonds. The minimum atomic E-state index is -0.0326. The number of para-hydroxylation sites is 1. The SMILES string of the molecule is C/C(=C/C(=O)/C=C\c1ccccc1)Nc1ccccc1. The number of carbonyl (C=O) groups is 1. The standard InChI is InChI=1S/C18H17NO/c1-15(19-17-10-6-3-7-11-17)14-18(20)13-12-16-8-4-2-5-9-16/h2-14,19H,1H3/b13-12-,15-14-. The molecule has 0 aliphatic heterocycles. The third-order valence-electron chi connectivity index (χ3n) is 2.71. The highest BCUT2D eigenvalue weighted by atomic mass is 16.1. The number of carbonyl (C=O) groups excluding carboxylic acids is 1. The molecule has 0 aliphatic rings. The molecule has 100 valence electrons. The summed E-state index contributed by atoms with van der Waals surface area (Å²) in [6.45, 7) is 1.88. The molecule has 0 unspecified atom stereocenters. The van der Waals surface area contributed by atoms with Gasteiger partial charge in [-0.05, 0) is 30.7 Å². The van der Waals surface area contributed by atoms with Crippen molar-refractivity contribution in [3.63, 3.8) is 0 Å². The van der Waals surface area contributed by atoms with Gasteiger partial charge < -0.3 is 5.32 Å². The van der Waals surface area contributed by atoms with E-state index in [4.69, 9.17) is 0 Å². The first-order valence-electron chi connectivity index (χ1n) is 6.51. The zero-order valence-electron chi connectivity index (χ0n) is 11.4. The second-order valence-electron chi connectivity index (χ2n) is 4.46. The number of nitrogens with one attached hydrogen (secondary N) is 1. The van der Waals surface area contributed by atoms with E-state index in [2.05, 4.69) is 5.32 Å². The van der Waals surface area contributed by atoms with Crippen LogP contribution in [0.2, 0.25) is 0 Å². The van der Waals surface area contributed by atoms with Gasteiger partial charge in [0.1, 0.15) is 0 Å². The van der Waals surface area contributed by atoms with E-state index in [1.54, 1.807) is 12.2 Å². The largest absolute Gasteiger partial charge is 0.359 e. The van der Waals surface area contributed by atoms with E-state index in [1.165, 1.54) is 0 Å². The van der Waals surface area contributed by atoms with Crippen LogP contribution in [-0.4, -0.2) is 5.78 Å². The number of hydrogen-bond acceptors (Lipinski definition) is 2. The molecule has 0 aromatic heterocycles. The van der Waals surface area contributed by atoms with Crippen LogP contribution >= 0.6 is 0 Å². The van der Waals surface area contributed by atoms with E-state index >= 15 is 0 Å². The first-order chi connectivity index (χ1) is 9.74. The lowest BCUT2D eigenvalue weighted by molar-refractivity contribution is -0.110. The van der Waals surface area contributed by atoms with Crippen LogP contribution in [0.5, 0.6) is 0 Å². The van der Waals surface area contributed by atoms with Gasteiger partial charge in [0.25, 0.3) is 0 Å². The summed E-state index contributed by atoms with van der Waals surface area (Å²) in [4.78, 5) is 11.8. The number of ketones is 1. The first-order valence-corrected chi connectivity index (χ1v) is 6.51. The van der Waals surface area contributed by atoms with Crippen LogP contribution in [0.3, 0.4) is 0 Å². The lowest BCUT2D eigenvalue weighted by Crippen LogP contribution is -1.98. The van der Waals surface area contributed by atoms with Crippen molar-refractivity contribution in [1.29, 1.82) is 0 Å². The van der Waals surface area contributed by atoms with Crippen molar-refractivity contribution in [3.05, 3.63) is 84.1 Å². The third-order valence-corrected chi connectivity index (χ3v) is 2.71. The minimum Gasteiger partial charge on any atom is -0.359 e. The molecule has 0 bridgehead atoms. The molecule has 0 spiro atoms. The number of allylic oxidation sites excluding steroid dienone is 3. The Labute approximate surface area is 119 Å². The van der Waals surface area contributed by atoms with E-state index < -0.39 is 0 Å². The normalized spacial score (nSPS) is 11.6. The topological polar surface area (TPSA) is 29.1 Å². The van der Waals surface area contributed by atoms with Crippen molar-refractivity contribution in [2.45, 2.75) is 6.92 Å². The maximum absolute atomic E-state index is 11.8. The van der Waals surface area contributed by atoms with Crippen LogP contribution in [0.25, 0.3) is 6.08 Å². The predicted molar refractivity (Wildman–Crippen MR) is 84.3 cm³/mol. The maximum Gasteiger partial charge on any atom is 0.180 e. The van der Waals surface area contributed by atoms with Crippen LogP contribution in [0, 0.1) is 0 Å². The van der Waals surface area contributed by atoms with Gasteiger partial charge >= 0.3 is 0 Å². The second-order valence-corrected chi connectivity index (χ2v) is 4.46. The lowest BCUT2D eigenvalue weighted by Gasteiger charge is -2.04. The fourth-order valence-electron chi connectivity index (χ4n) is 1.79.